The van der Waals surface area contributed by atoms with Crippen molar-refractivity contribution in [2.75, 3.05) is 30.3 Å². The fourth-order valence-electron chi connectivity index (χ4n) is 4.13. The first kappa shape index (κ1) is 31.1. The van der Waals surface area contributed by atoms with Crippen LogP contribution in [0, 0.1) is 5.82 Å². The van der Waals surface area contributed by atoms with Crippen LogP contribution in [0.15, 0.2) is 65.6 Å². The lowest BCUT2D eigenvalue weighted by molar-refractivity contribution is -0.137. The number of alkyl halides is 5. The summed E-state index contributed by atoms with van der Waals surface area (Å²) in [5.74, 6) is -2.92. The zero-order valence-corrected chi connectivity index (χ0v) is 23.0. The predicted molar refractivity (Wildman–Crippen MR) is 138 cm³/mol. The number of benzene rings is 3. The van der Waals surface area contributed by atoms with Crippen molar-refractivity contribution < 1.29 is 52.7 Å². The van der Waals surface area contributed by atoms with Crippen molar-refractivity contribution in [1.82, 2.24) is 9.62 Å². The first-order chi connectivity index (χ1) is 19.5. The maximum absolute atomic E-state index is 14.2. The third-order valence-corrected chi connectivity index (χ3v) is 9.29. The Labute approximate surface area is 236 Å². The van der Waals surface area contributed by atoms with Crippen LogP contribution in [-0.4, -0.2) is 60.3 Å². The summed E-state index contributed by atoms with van der Waals surface area (Å²) in [6, 6.07) is 9.10. The minimum atomic E-state index is -4.88. The molecule has 4 rings (SSSR count). The molecule has 1 aliphatic rings. The van der Waals surface area contributed by atoms with Gasteiger partial charge in [0.2, 0.25) is 10.0 Å². The lowest BCUT2D eigenvalue weighted by Crippen LogP contribution is -2.50. The van der Waals surface area contributed by atoms with E-state index in [1.807, 2.05) is 0 Å². The zero-order valence-electron chi connectivity index (χ0n) is 21.4. The van der Waals surface area contributed by atoms with Crippen molar-refractivity contribution in [3.8, 4) is 16.9 Å². The molecule has 226 valence electrons. The Balaban J connectivity index is 1.86. The predicted octanol–water partition coefficient (Wildman–Crippen LogP) is 4.27. The monoisotopic (exact) mass is 637 g/mol. The van der Waals surface area contributed by atoms with E-state index in [0.717, 1.165) is 48.3 Å². The molecule has 0 atom stereocenters. The van der Waals surface area contributed by atoms with Gasteiger partial charge in [-0.25, -0.2) is 30.3 Å². The Bertz CT molecular complexity index is 1730. The van der Waals surface area contributed by atoms with Crippen LogP contribution in [0.3, 0.4) is 0 Å². The Kier molecular flexibility index (Phi) is 8.48. The van der Waals surface area contributed by atoms with E-state index in [2.05, 4.69) is 9.46 Å². The van der Waals surface area contributed by atoms with E-state index in [1.54, 1.807) is 0 Å². The molecule has 0 saturated heterocycles. The van der Waals surface area contributed by atoms with Crippen molar-refractivity contribution in [3.05, 3.63) is 77.6 Å². The summed E-state index contributed by atoms with van der Waals surface area (Å²) in [6.45, 7) is -4.53. The zero-order chi connectivity index (χ0) is 31.0. The summed E-state index contributed by atoms with van der Waals surface area (Å²) in [7, 11) is -7.54. The molecule has 1 aliphatic heterocycles. The van der Waals surface area contributed by atoms with Crippen LogP contribution >= 0.6 is 0 Å². The van der Waals surface area contributed by atoms with Crippen molar-refractivity contribution >= 4 is 31.6 Å². The summed E-state index contributed by atoms with van der Waals surface area (Å²) in [5, 5.41) is 0. The van der Waals surface area contributed by atoms with E-state index in [4.69, 9.17) is 0 Å². The number of anilines is 1. The fourth-order valence-corrected chi connectivity index (χ4v) is 6.28. The normalized spacial score (nSPS) is 14.3. The number of hydrogen-bond acceptors (Lipinski definition) is 6. The highest BCUT2D eigenvalue weighted by atomic mass is 32.2. The largest absolute Gasteiger partial charge is 0.435 e. The van der Waals surface area contributed by atoms with Crippen LogP contribution in [0.1, 0.15) is 15.9 Å². The number of carbonyl (C=O) groups is 1. The van der Waals surface area contributed by atoms with Crippen molar-refractivity contribution in [3.63, 3.8) is 0 Å². The van der Waals surface area contributed by atoms with Crippen LogP contribution in [0.4, 0.5) is 32.0 Å². The molecule has 42 heavy (non-hydrogen) atoms. The number of fused-ring (bicyclic) bond motifs is 1. The third kappa shape index (κ3) is 6.63. The number of halogens is 6. The highest BCUT2D eigenvalue weighted by Crippen LogP contribution is 2.38. The molecular weight excluding hydrogens is 616 g/mol. The van der Waals surface area contributed by atoms with Gasteiger partial charge in [0.15, 0.2) is 0 Å². The second kappa shape index (κ2) is 11.4. The smallest absolute Gasteiger partial charge is 0.416 e. The Morgan fingerprint density at radius 3 is 2.33 bits per heavy atom. The highest BCUT2D eigenvalue weighted by molar-refractivity contribution is 7.92. The van der Waals surface area contributed by atoms with Gasteiger partial charge in [-0.05, 0) is 60.6 Å². The number of nitrogens with one attached hydrogen (secondary N) is 1. The van der Waals surface area contributed by atoms with E-state index in [0.29, 0.717) is 22.5 Å². The van der Waals surface area contributed by atoms with E-state index in [9.17, 15) is 48.0 Å². The van der Waals surface area contributed by atoms with E-state index < -0.39 is 79.7 Å². The Hall–Kier alpha value is -3.83. The summed E-state index contributed by atoms with van der Waals surface area (Å²) < 4.78 is 138. The van der Waals surface area contributed by atoms with Gasteiger partial charge in [-0.15, -0.1) is 0 Å². The minimum Gasteiger partial charge on any atom is -0.435 e. The Morgan fingerprint density at radius 1 is 0.976 bits per heavy atom. The van der Waals surface area contributed by atoms with Crippen molar-refractivity contribution in [2.24, 2.45) is 0 Å². The van der Waals surface area contributed by atoms with E-state index in [-0.39, 0.29) is 22.4 Å². The summed E-state index contributed by atoms with van der Waals surface area (Å²) in [4.78, 5) is 13.4. The number of rotatable bonds is 9. The van der Waals surface area contributed by atoms with Gasteiger partial charge in [0, 0.05) is 12.6 Å². The van der Waals surface area contributed by atoms with Gasteiger partial charge in [0.1, 0.15) is 18.2 Å². The molecule has 0 bridgehead atoms. The van der Waals surface area contributed by atoms with Crippen LogP contribution < -0.4 is 13.8 Å². The summed E-state index contributed by atoms with van der Waals surface area (Å²) in [5.41, 5.74) is -1.82. The molecule has 9 nitrogen and oxygen atoms in total. The number of ether oxygens (including phenoxy) is 1. The lowest BCUT2D eigenvalue weighted by Gasteiger charge is -2.37. The molecule has 3 aromatic carbocycles. The lowest BCUT2D eigenvalue weighted by atomic mass is 10.0. The number of hydrogen-bond donors (Lipinski definition) is 1. The van der Waals surface area contributed by atoms with Gasteiger partial charge in [-0.2, -0.15) is 22.0 Å². The molecule has 3 aromatic rings. The topological polar surface area (TPSA) is 113 Å². The molecule has 0 saturated carbocycles. The van der Waals surface area contributed by atoms with Gasteiger partial charge >= 0.3 is 12.8 Å². The van der Waals surface area contributed by atoms with Crippen molar-refractivity contribution in [1.29, 1.82) is 0 Å². The Morgan fingerprint density at radius 2 is 1.69 bits per heavy atom. The van der Waals surface area contributed by atoms with Gasteiger partial charge in [-0.1, -0.05) is 12.1 Å². The molecule has 1 N–H and O–H groups in total. The standard InChI is InChI=1S/C25H21F6N3O6S2/c1-32-41(36,37)8-7-33-14-34(42(38,39)20-4-2-3-17(12-20)25(29,30)31)22-11-15(5-6-21(22)23(33)35)16-9-18(26)13-19(10-16)40-24(27)28/h2-6,9-13,24,32H,7-8,14H2,1H3. The van der Waals surface area contributed by atoms with E-state index in [1.165, 1.54) is 6.07 Å². The highest BCUT2D eigenvalue weighted by Gasteiger charge is 2.38. The van der Waals surface area contributed by atoms with Crippen LogP contribution in [0.5, 0.6) is 5.75 Å². The number of amides is 1. The number of carbonyl (C=O) groups excluding carboxylic acids is 1. The van der Waals surface area contributed by atoms with Crippen LogP contribution in [0.25, 0.3) is 11.1 Å². The molecule has 0 radical (unpaired) electrons. The number of sulfonamides is 2. The SMILES string of the molecule is CNS(=O)(=O)CCN1CN(S(=O)(=O)c2cccc(C(F)(F)F)c2)c2cc(-c3cc(F)cc(OC(F)F)c3)ccc2C1=O. The van der Waals surface area contributed by atoms with Gasteiger partial charge in [-0.3, -0.25) is 4.79 Å². The first-order valence-corrected chi connectivity index (χ1v) is 14.9. The minimum absolute atomic E-state index is 0.0418. The maximum Gasteiger partial charge on any atom is 0.416 e. The molecule has 0 unspecified atom stereocenters. The average Bonchev–Trinajstić information content (AvgIpc) is 2.91. The molecular formula is C25H21F6N3O6S2. The molecule has 17 heteroatoms. The van der Waals surface area contributed by atoms with Gasteiger partial charge in [0.05, 0.1) is 27.5 Å². The first-order valence-electron chi connectivity index (χ1n) is 11.8. The molecule has 0 aliphatic carbocycles. The van der Waals surface area contributed by atoms with Crippen LogP contribution in [-0.2, 0) is 26.2 Å². The van der Waals surface area contributed by atoms with Gasteiger partial charge < -0.3 is 9.64 Å². The molecule has 1 amide bonds. The van der Waals surface area contributed by atoms with Gasteiger partial charge in [0.25, 0.3) is 15.9 Å². The molecule has 0 fully saturated rings. The van der Waals surface area contributed by atoms with Crippen molar-refractivity contribution in [2.45, 2.75) is 17.7 Å². The maximum atomic E-state index is 14.2. The number of nitrogens with zero attached hydrogens (tertiary/aromatic N) is 2. The average molecular weight is 638 g/mol. The quantitative estimate of drug-likeness (QED) is 0.351. The fraction of sp³-hybridized carbons (Fsp3) is 0.240. The molecule has 0 spiro atoms. The summed E-state index contributed by atoms with van der Waals surface area (Å²) in [6.07, 6.45) is -4.88. The second-order valence-corrected chi connectivity index (χ2v) is 12.8. The summed E-state index contributed by atoms with van der Waals surface area (Å²) >= 11 is 0. The molecule has 0 aromatic heterocycles. The van der Waals surface area contributed by atoms with Crippen LogP contribution in [0.2, 0.25) is 0 Å². The van der Waals surface area contributed by atoms with E-state index >= 15 is 0 Å². The molecule has 1 heterocycles. The third-order valence-electron chi connectivity index (χ3n) is 6.20. The second-order valence-electron chi connectivity index (χ2n) is 8.90.